The number of hydrogen-bond donors (Lipinski definition) is 1. The Hall–Kier alpha value is -3.56. The zero-order valence-electron chi connectivity index (χ0n) is 24.1. The van der Waals surface area contributed by atoms with E-state index in [1.165, 1.54) is 30.2 Å². The molecule has 3 aromatic carbocycles. The molecule has 8 nitrogen and oxygen atoms in total. The number of hydrogen-bond acceptors (Lipinski definition) is 5. The molecule has 2 atom stereocenters. The molecule has 0 radical (unpaired) electrons. The third-order valence-corrected chi connectivity index (χ3v) is 9.03. The first-order chi connectivity index (χ1) is 19.5. The first-order valence-corrected chi connectivity index (χ1v) is 15.4. The smallest absolute Gasteiger partial charge is 0.264 e. The minimum Gasteiger partial charge on any atom is -0.497 e. The van der Waals surface area contributed by atoms with Crippen LogP contribution in [-0.2, 0) is 26.2 Å². The highest BCUT2D eigenvalue weighted by atomic mass is 35.5. The molecular weight excluding hydrogens is 562 g/mol. The van der Waals surface area contributed by atoms with Crippen molar-refractivity contribution in [2.75, 3.05) is 18.0 Å². The van der Waals surface area contributed by atoms with Crippen molar-refractivity contribution in [3.05, 3.63) is 88.9 Å². The molecule has 0 aliphatic heterocycles. The molecule has 0 aromatic heterocycles. The van der Waals surface area contributed by atoms with Gasteiger partial charge < -0.3 is 15.0 Å². The molecule has 0 aliphatic rings. The van der Waals surface area contributed by atoms with Gasteiger partial charge in [0.1, 0.15) is 18.3 Å². The number of carbonyl (C=O) groups is 2. The van der Waals surface area contributed by atoms with E-state index in [0.717, 1.165) is 21.9 Å². The van der Waals surface area contributed by atoms with Crippen molar-refractivity contribution in [1.82, 2.24) is 10.2 Å². The number of nitrogens with zero attached hydrogens (tertiary/aromatic N) is 2. The molecule has 0 unspecified atom stereocenters. The third-order valence-electron chi connectivity index (χ3n) is 7.01. The van der Waals surface area contributed by atoms with Crippen LogP contribution in [0.3, 0.4) is 0 Å². The van der Waals surface area contributed by atoms with E-state index in [9.17, 15) is 18.0 Å². The second-order valence-corrected chi connectivity index (χ2v) is 12.2. The Balaban J connectivity index is 2.07. The topological polar surface area (TPSA) is 96.0 Å². The Morgan fingerprint density at radius 3 is 2.24 bits per heavy atom. The van der Waals surface area contributed by atoms with E-state index in [4.69, 9.17) is 16.3 Å². The van der Waals surface area contributed by atoms with Crippen molar-refractivity contribution in [3.63, 3.8) is 0 Å². The van der Waals surface area contributed by atoms with E-state index in [-0.39, 0.29) is 29.1 Å². The summed E-state index contributed by atoms with van der Waals surface area (Å²) in [6.07, 6.45) is 1.08. The van der Waals surface area contributed by atoms with E-state index in [1.807, 2.05) is 52.0 Å². The lowest BCUT2D eigenvalue weighted by Gasteiger charge is -2.34. The number of methoxy groups -OCH3 is 1. The highest BCUT2D eigenvalue weighted by Crippen LogP contribution is 2.28. The van der Waals surface area contributed by atoms with E-state index in [2.05, 4.69) is 5.32 Å². The fourth-order valence-corrected chi connectivity index (χ4v) is 5.96. The average molecular weight is 600 g/mol. The van der Waals surface area contributed by atoms with Gasteiger partial charge in [-0.2, -0.15) is 0 Å². The summed E-state index contributed by atoms with van der Waals surface area (Å²) in [7, 11) is -2.72. The van der Waals surface area contributed by atoms with Gasteiger partial charge in [0.05, 0.1) is 17.7 Å². The van der Waals surface area contributed by atoms with Crippen LogP contribution in [0.25, 0.3) is 0 Å². The van der Waals surface area contributed by atoms with E-state index >= 15 is 0 Å². The summed E-state index contributed by atoms with van der Waals surface area (Å²) in [6, 6.07) is 19.0. The molecular formula is C31H38ClN3O5S. The van der Waals surface area contributed by atoms with Crippen LogP contribution in [0.2, 0.25) is 5.02 Å². The zero-order valence-corrected chi connectivity index (χ0v) is 25.7. The predicted molar refractivity (Wildman–Crippen MR) is 163 cm³/mol. The van der Waals surface area contributed by atoms with Gasteiger partial charge in [-0.1, -0.05) is 55.8 Å². The summed E-state index contributed by atoms with van der Waals surface area (Å²) in [6.45, 7) is 7.25. The van der Waals surface area contributed by atoms with Gasteiger partial charge in [0, 0.05) is 17.6 Å². The molecule has 0 spiro atoms. The largest absolute Gasteiger partial charge is 0.497 e. The van der Waals surface area contributed by atoms with Crippen LogP contribution in [0.4, 0.5) is 5.69 Å². The molecule has 0 fully saturated rings. The van der Waals surface area contributed by atoms with Crippen molar-refractivity contribution in [3.8, 4) is 5.75 Å². The summed E-state index contributed by atoms with van der Waals surface area (Å²) in [5.41, 5.74) is 2.05. The van der Waals surface area contributed by atoms with E-state index in [1.54, 1.807) is 30.3 Å². The maximum atomic E-state index is 14.2. The van der Waals surface area contributed by atoms with E-state index in [0.29, 0.717) is 17.2 Å². The van der Waals surface area contributed by atoms with Crippen molar-refractivity contribution in [2.24, 2.45) is 0 Å². The highest BCUT2D eigenvalue weighted by molar-refractivity contribution is 7.92. The van der Waals surface area contributed by atoms with Crippen molar-refractivity contribution >= 4 is 39.1 Å². The van der Waals surface area contributed by atoms with E-state index < -0.39 is 28.5 Å². The van der Waals surface area contributed by atoms with Gasteiger partial charge in [0.2, 0.25) is 11.8 Å². The van der Waals surface area contributed by atoms with Crippen LogP contribution in [0.1, 0.15) is 44.7 Å². The number of nitrogens with one attached hydrogen (secondary N) is 1. The number of carbonyl (C=O) groups excluding carboxylic acids is 2. The van der Waals surface area contributed by atoms with Crippen molar-refractivity contribution in [1.29, 1.82) is 0 Å². The van der Waals surface area contributed by atoms with Gasteiger partial charge in [0.25, 0.3) is 10.0 Å². The van der Waals surface area contributed by atoms with Gasteiger partial charge in [0.15, 0.2) is 0 Å². The second kappa shape index (κ2) is 14.4. The van der Waals surface area contributed by atoms with Gasteiger partial charge >= 0.3 is 0 Å². The summed E-state index contributed by atoms with van der Waals surface area (Å²) in [5.74, 6) is -0.301. The Bertz CT molecular complexity index is 1450. The number of rotatable bonds is 13. The first-order valence-electron chi connectivity index (χ1n) is 13.6. The van der Waals surface area contributed by atoms with Crippen LogP contribution >= 0.6 is 11.6 Å². The molecule has 3 aromatic rings. The molecule has 0 bridgehead atoms. The van der Waals surface area contributed by atoms with Gasteiger partial charge in [-0.25, -0.2) is 8.42 Å². The molecule has 2 amide bonds. The summed E-state index contributed by atoms with van der Waals surface area (Å²) < 4.78 is 34.1. The Morgan fingerprint density at radius 1 is 0.976 bits per heavy atom. The average Bonchev–Trinajstić information content (AvgIpc) is 2.96. The van der Waals surface area contributed by atoms with Crippen LogP contribution < -0.4 is 14.4 Å². The lowest BCUT2D eigenvalue weighted by atomic mass is 10.1. The number of anilines is 1. The zero-order chi connectivity index (χ0) is 30.2. The SMILES string of the molecule is CC[C@H](C(=O)N[C@@H](C)CC)N(Cc1ccccc1C)C(=O)CN(c1cccc(Cl)c1)S(=O)(=O)c1ccc(OC)cc1. The molecule has 0 saturated heterocycles. The maximum Gasteiger partial charge on any atom is 0.264 e. The number of sulfonamides is 1. The van der Waals surface area contributed by atoms with Crippen LogP contribution in [-0.4, -0.2) is 50.9 Å². The Kier molecular flexibility index (Phi) is 11.2. The number of benzene rings is 3. The highest BCUT2D eigenvalue weighted by Gasteiger charge is 2.34. The molecule has 3 rings (SSSR count). The van der Waals surface area contributed by atoms with Crippen LogP contribution in [0, 0.1) is 6.92 Å². The molecule has 0 heterocycles. The number of ether oxygens (including phenoxy) is 1. The summed E-state index contributed by atoms with van der Waals surface area (Å²) >= 11 is 6.24. The molecule has 10 heteroatoms. The molecule has 0 saturated carbocycles. The summed E-state index contributed by atoms with van der Waals surface area (Å²) in [5, 5.41) is 3.30. The number of amides is 2. The quantitative estimate of drug-likeness (QED) is 0.277. The lowest BCUT2D eigenvalue weighted by Crippen LogP contribution is -2.53. The fraction of sp³-hybridized carbons (Fsp3) is 0.355. The van der Waals surface area contributed by atoms with Crippen molar-refractivity contribution < 1.29 is 22.7 Å². The number of aryl methyl sites for hydroxylation is 1. The monoisotopic (exact) mass is 599 g/mol. The minimum atomic E-state index is -4.21. The maximum absolute atomic E-state index is 14.2. The van der Waals surface area contributed by atoms with Crippen LogP contribution in [0.5, 0.6) is 5.75 Å². The Labute approximate surface area is 248 Å². The van der Waals surface area contributed by atoms with Gasteiger partial charge in [-0.15, -0.1) is 0 Å². The molecule has 220 valence electrons. The van der Waals surface area contributed by atoms with Gasteiger partial charge in [-0.3, -0.25) is 13.9 Å². The van der Waals surface area contributed by atoms with Crippen molar-refractivity contribution in [2.45, 2.75) is 64.1 Å². The minimum absolute atomic E-state index is 0.0157. The molecule has 0 aliphatic carbocycles. The lowest BCUT2D eigenvalue weighted by molar-refractivity contribution is -0.140. The fourth-order valence-electron chi connectivity index (χ4n) is 4.37. The molecule has 1 N–H and O–H groups in total. The van der Waals surface area contributed by atoms with Gasteiger partial charge in [-0.05, 0) is 80.3 Å². The number of halogens is 1. The second-order valence-electron chi connectivity index (χ2n) is 9.86. The summed E-state index contributed by atoms with van der Waals surface area (Å²) in [4.78, 5) is 29.0. The molecule has 41 heavy (non-hydrogen) atoms. The normalized spacial score (nSPS) is 12.7. The predicted octanol–water partition coefficient (Wildman–Crippen LogP) is 5.57. The van der Waals surface area contributed by atoms with Crippen LogP contribution in [0.15, 0.2) is 77.7 Å². The Morgan fingerprint density at radius 2 is 1.66 bits per heavy atom. The first kappa shape index (κ1) is 32.0. The third kappa shape index (κ3) is 8.01. The standard InChI is InChI=1S/C31H38ClN3O5S/c1-6-23(4)33-31(37)29(7-2)34(20-24-12-9-8-11-22(24)3)30(36)21-35(26-14-10-13-25(32)19-26)41(38,39)28-17-15-27(40-5)16-18-28/h8-19,23,29H,6-7,20-21H2,1-5H3,(H,33,37)/t23-,29+/m0/s1.